The van der Waals surface area contributed by atoms with Crippen molar-refractivity contribution in [2.75, 3.05) is 0 Å². The maximum absolute atomic E-state index is 12.0. The highest BCUT2D eigenvalue weighted by Crippen LogP contribution is 2.69. The van der Waals surface area contributed by atoms with Gasteiger partial charge in [-0.15, -0.1) is 0 Å². The molecule has 0 radical (unpaired) electrons. The number of epoxide rings is 1. The number of esters is 1. The van der Waals surface area contributed by atoms with Crippen LogP contribution in [-0.4, -0.2) is 28.9 Å². The summed E-state index contributed by atoms with van der Waals surface area (Å²) in [6.07, 6.45) is 2.01. The molecule has 2 fully saturated rings. The Kier molecular flexibility index (Phi) is 3.14. The summed E-state index contributed by atoms with van der Waals surface area (Å²) in [5, 5.41) is 11.2. The Morgan fingerprint density at radius 2 is 2.21 bits per heavy atom. The molecule has 5 heteroatoms. The largest absolute Gasteiger partial charge is 0.469 e. The first-order valence-electron chi connectivity index (χ1n) is 8.51. The van der Waals surface area contributed by atoms with Gasteiger partial charge in [-0.1, -0.05) is 20.4 Å². The predicted octanol–water partition coefficient (Wildman–Crippen LogP) is 2.85. The molecule has 1 N–H and O–H groups in total. The van der Waals surface area contributed by atoms with Crippen molar-refractivity contribution < 1.29 is 23.8 Å². The van der Waals surface area contributed by atoms with Gasteiger partial charge in [-0.3, -0.25) is 0 Å². The van der Waals surface area contributed by atoms with Crippen LogP contribution in [0.1, 0.15) is 50.2 Å². The normalized spacial score (nSPS) is 42.5. The summed E-state index contributed by atoms with van der Waals surface area (Å²) in [4.78, 5) is 12.0. The zero-order chi connectivity index (χ0) is 17.4. The minimum atomic E-state index is -0.702. The minimum Gasteiger partial charge on any atom is -0.469 e. The minimum absolute atomic E-state index is 0.0187. The van der Waals surface area contributed by atoms with Crippen molar-refractivity contribution in [3.63, 3.8) is 0 Å². The van der Waals surface area contributed by atoms with Gasteiger partial charge in [0.2, 0.25) is 0 Å². The summed E-state index contributed by atoms with van der Waals surface area (Å²) in [5.41, 5.74) is 1.26. The quantitative estimate of drug-likeness (QED) is 0.512. The van der Waals surface area contributed by atoms with Gasteiger partial charge in [-0.25, -0.2) is 4.79 Å². The third-order valence-electron chi connectivity index (χ3n) is 6.65. The number of aryl methyl sites for hydroxylation is 1. The summed E-state index contributed by atoms with van der Waals surface area (Å²) < 4.78 is 17.5. The van der Waals surface area contributed by atoms with Gasteiger partial charge in [-0.05, 0) is 19.4 Å². The first-order valence-corrected chi connectivity index (χ1v) is 8.51. The van der Waals surface area contributed by atoms with E-state index in [1.807, 2.05) is 13.8 Å². The molecule has 5 nitrogen and oxygen atoms in total. The molecule has 3 aliphatic rings. The van der Waals surface area contributed by atoms with E-state index in [2.05, 4.69) is 13.5 Å². The summed E-state index contributed by atoms with van der Waals surface area (Å²) in [6, 6.07) is 0. The van der Waals surface area contributed by atoms with E-state index in [0.29, 0.717) is 18.4 Å². The van der Waals surface area contributed by atoms with E-state index in [4.69, 9.17) is 13.9 Å². The van der Waals surface area contributed by atoms with Crippen molar-refractivity contribution in [3.05, 3.63) is 35.3 Å². The molecule has 2 heterocycles. The summed E-state index contributed by atoms with van der Waals surface area (Å²) in [7, 11) is 0. The fourth-order valence-electron chi connectivity index (χ4n) is 4.88. The molecule has 1 aromatic heterocycles. The number of aliphatic hydroxyl groups excluding tert-OH is 1. The third kappa shape index (κ3) is 1.74. The van der Waals surface area contributed by atoms with Gasteiger partial charge < -0.3 is 19.0 Å². The molecular formula is C19H24O5. The lowest BCUT2D eigenvalue weighted by molar-refractivity contribution is -0.162. The SMILES string of the molecule is C=C(C)C(=O)O[C@@H]1C[C@H]2O[C@]23Cc2occ(C)c2[C@@H](O)[C@]3(C)[C@H]1C. The van der Waals surface area contributed by atoms with Crippen LogP contribution in [0, 0.1) is 18.3 Å². The highest BCUT2D eigenvalue weighted by molar-refractivity contribution is 5.87. The number of aliphatic hydroxyl groups is 1. The Morgan fingerprint density at radius 3 is 2.88 bits per heavy atom. The van der Waals surface area contributed by atoms with Crippen LogP contribution in [0.25, 0.3) is 0 Å². The molecule has 1 aliphatic heterocycles. The van der Waals surface area contributed by atoms with Crippen LogP contribution >= 0.6 is 0 Å². The van der Waals surface area contributed by atoms with Gasteiger partial charge in [0.1, 0.15) is 17.5 Å². The van der Waals surface area contributed by atoms with E-state index < -0.39 is 17.1 Å². The van der Waals surface area contributed by atoms with Gasteiger partial charge in [0.05, 0.1) is 18.5 Å². The first-order chi connectivity index (χ1) is 11.2. The van der Waals surface area contributed by atoms with Crippen molar-refractivity contribution in [2.24, 2.45) is 11.3 Å². The average molecular weight is 332 g/mol. The highest BCUT2D eigenvalue weighted by atomic mass is 16.6. The standard InChI is InChI=1S/C19H24O5/c1-9(2)17(21)23-12-6-14-19(24-14)7-13-15(10(3)8-22-13)16(20)18(19,5)11(12)4/h8,11-12,14,16,20H,1,6-7H2,2-5H3/t11-,12+,14+,16+,18-,19+/m0/s1. The second-order valence-electron chi connectivity index (χ2n) is 7.86. The van der Waals surface area contributed by atoms with Crippen LogP contribution in [0.2, 0.25) is 0 Å². The molecule has 1 saturated heterocycles. The van der Waals surface area contributed by atoms with Crippen LogP contribution in [0.3, 0.4) is 0 Å². The van der Waals surface area contributed by atoms with Crippen molar-refractivity contribution in [3.8, 4) is 0 Å². The Morgan fingerprint density at radius 1 is 1.50 bits per heavy atom. The van der Waals surface area contributed by atoms with E-state index in [9.17, 15) is 9.90 Å². The monoisotopic (exact) mass is 332 g/mol. The maximum Gasteiger partial charge on any atom is 0.333 e. The number of carbonyl (C=O) groups excluding carboxylic acids is 1. The first kappa shape index (κ1) is 15.9. The fraction of sp³-hybridized carbons (Fsp3) is 0.632. The summed E-state index contributed by atoms with van der Waals surface area (Å²) in [6.45, 7) is 11.3. The van der Waals surface area contributed by atoms with Crippen molar-refractivity contribution in [1.29, 1.82) is 0 Å². The van der Waals surface area contributed by atoms with Gasteiger partial charge in [-0.2, -0.15) is 0 Å². The number of fused-ring (bicyclic) bond motifs is 1. The number of furan rings is 1. The molecule has 6 atom stereocenters. The zero-order valence-corrected chi connectivity index (χ0v) is 14.6. The lowest BCUT2D eigenvalue weighted by Gasteiger charge is -2.51. The van der Waals surface area contributed by atoms with Gasteiger partial charge in [0.25, 0.3) is 0 Å². The Labute approximate surface area is 141 Å². The maximum atomic E-state index is 12.0. The van der Waals surface area contributed by atoms with Crippen LogP contribution in [-0.2, 0) is 20.7 Å². The molecule has 0 aromatic carbocycles. The second kappa shape index (κ2) is 4.73. The van der Waals surface area contributed by atoms with Crippen LogP contribution in [0.15, 0.2) is 22.8 Å². The molecule has 24 heavy (non-hydrogen) atoms. The number of hydrogen-bond donors (Lipinski definition) is 1. The number of carbonyl (C=O) groups is 1. The molecule has 4 rings (SSSR count). The lowest BCUT2D eigenvalue weighted by Crippen LogP contribution is -2.58. The van der Waals surface area contributed by atoms with E-state index >= 15 is 0 Å². The molecule has 130 valence electrons. The van der Waals surface area contributed by atoms with Crippen LogP contribution < -0.4 is 0 Å². The van der Waals surface area contributed by atoms with Crippen molar-refractivity contribution in [1.82, 2.24) is 0 Å². The van der Waals surface area contributed by atoms with Crippen LogP contribution in [0.5, 0.6) is 0 Å². The smallest absolute Gasteiger partial charge is 0.333 e. The third-order valence-corrected chi connectivity index (χ3v) is 6.65. The van der Waals surface area contributed by atoms with Crippen molar-refractivity contribution in [2.45, 2.75) is 64.4 Å². The lowest BCUT2D eigenvalue weighted by atomic mass is 9.53. The summed E-state index contributed by atoms with van der Waals surface area (Å²) >= 11 is 0. The van der Waals surface area contributed by atoms with Gasteiger partial charge >= 0.3 is 5.97 Å². The zero-order valence-electron chi connectivity index (χ0n) is 14.6. The summed E-state index contributed by atoms with van der Waals surface area (Å²) in [5.74, 6) is 0.399. The van der Waals surface area contributed by atoms with E-state index in [1.54, 1.807) is 13.2 Å². The molecule has 1 saturated carbocycles. The Hall–Kier alpha value is -1.59. The highest BCUT2D eigenvalue weighted by Gasteiger charge is 2.77. The molecule has 0 bridgehead atoms. The molecule has 0 amide bonds. The molecule has 0 unspecified atom stereocenters. The number of ether oxygens (including phenoxy) is 2. The average Bonchev–Trinajstić information content (AvgIpc) is 3.10. The van der Waals surface area contributed by atoms with E-state index in [0.717, 1.165) is 16.9 Å². The van der Waals surface area contributed by atoms with E-state index in [1.165, 1.54) is 0 Å². The predicted molar refractivity (Wildman–Crippen MR) is 86.3 cm³/mol. The van der Waals surface area contributed by atoms with Crippen LogP contribution in [0.4, 0.5) is 0 Å². The number of hydrogen-bond acceptors (Lipinski definition) is 5. The van der Waals surface area contributed by atoms with E-state index in [-0.39, 0.29) is 24.1 Å². The molecule has 2 aliphatic carbocycles. The molecular weight excluding hydrogens is 308 g/mol. The second-order valence-corrected chi connectivity index (χ2v) is 7.86. The van der Waals surface area contributed by atoms with Gasteiger partial charge in [0.15, 0.2) is 0 Å². The van der Waals surface area contributed by atoms with Crippen molar-refractivity contribution >= 4 is 5.97 Å². The topological polar surface area (TPSA) is 72.2 Å². The number of rotatable bonds is 2. The Bertz CT molecular complexity index is 734. The Balaban J connectivity index is 1.73. The van der Waals surface area contributed by atoms with Gasteiger partial charge in [0, 0.05) is 35.3 Å². The molecule has 1 aromatic rings. The molecule has 1 spiro atoms. The fourth-order valence-corrected chi connectivity index (χ4v) is 4.88.